The van der Waals surface area contributed by atoms with Crippen LogP contribution in [0.25, 0.3) is 0 Å². The standard InChI is InChI=1S/C18H20ClNO3/c1-20-6-5-18-10-8-11(19)15(21)17(18)23-16-13(22-2)4-3-9(14(16)18)7-12(10)20/h3-4,8,11-12,15,17,21H,5-7H2,1-2H3/t11-,12+,15-,17-,18-/m1/s1. The monoisotopic (exact) mass is 333 g/mol. The van der Waals surface area contributed by atoms with Crippen LogP contribution < -0.4 is 9.47 Å². The van der Waals surface area contributed by atoms with Crippen molar-refractivity contribution in [1.82, 2.24) is 4.90 Å². The molecule has 1 spiro atoms. The first-order valence-corrected chi connectivity index (χ1v) is 8.63. The van der Waals surface area contributed by atoms with E-state index in [0.717, 1.165) is 30.9 Å². The molecular formula is C18H20ClNO3. The van der Waals surface area contributed by atoms with Crippen LogP contribution in [0.4, 0.5) is 0 Å². The number of halogens is 1. The van der Waals surface area contributed by atoms with Gasteiger partial charge in [0.25, 0.3) is 0 Å². The van der Waals surface area contributed by atoms with Crippen molar-refractivity contribution in [3.05, 3.63) is 34.9 Å². The number of aliphatic hydroxyl groups excluding tert-OH is 1. The molecule has 1 N–H and O–H groups in total. The van der Waals surface area contributed by atoms with E-state index in [4.69, 9.17) is 21.1 Å². The summed E-state index contributed by atoms with van der Waals surface area (Å²) in [6.45, 7) is 0.998. The molecule has 4 aliphatic rings. The van der Waals surface area contributed by atoms with E-state index in [0.29, 0.717) is 6.04 Å². The smallest absolute Gasteiger partial charge is 0.166 e. The quantitative estimate of drug-likeness (QED) is 0.629. The Hall–Kier alpha value is -1.23. The van der Waals surface area contributed by atoms with Gasteiger partial charge in [0.2, 0.25) is 0 Å². The Morgan fingerprint density at radius 2 is 2.26 bits per heavy atom. The predicted octanol–water partition coefficient (Wildman–Crippen LogP) is 1.86. The molecule has 23 heavy (non-hydrogen) atoms. The lowest BCUT2D eigenvalue weighted by atomic mass is 9.56. The maximum absolute atomic E-state index is 10.7. The van der Waals surface area contributed by atoms with Crippen LogP contribution in [0, 0.1) is 0 Å². The van der Waals surface area contributed by atoms with Crippen molar-refractivity contribution in [2.75, 3.05) is 20.7 Å². The number of ether oxygens (including phenoxy) is 2. The molecule has 5 heteroatoms. The SMILES string of the molecule is COc1ccc2c3c1O[C@@H]1[C@H](O)[C@H](Cl)C=C4[C@H](C2)N(C)CC[C@@]431. The molecule has 2 aliphatic heterocycles. The second-order valence-corrected chi connectivity index (χ2v) is 7.65. The van der Waals surface area contributed by atoms with Gasteiger partial charge in [-0.2, -0.15) is 0 Å². The molecule has 1 aromatic carbocycles. The summed E-state index contributed by atoms with van der Waals surface area (Å²) in [6.07, 6.45) is 2.99. The Morgan fingerprint density at radius 3 is 3.04 bits per heavy atom. The number of hydrogen-bond acceptors (Lipinski definition) is 4. The van der Waals surface area contributed by atoms with Gasteiger partial charge in [0.1, 0.15) is 12.2 Å². The fraction of sp³-hybridized carbons (Fsp3) is 0.556. The topological polar surface area (TPSA) is 41.9 Å². The number of alkyl halides is 1. The fourth-order valence-electron chi connectivity index (χ4n) is 5.21. The average molecular weight is 334 g/mol. The zero-order valence-electron chi connectivity index (χ0n) is 13.3. The van der Waals surface area contributed by atoms with Gasteiger partial charge in [-0.15, -0.1) is 11.6 Å². The minimum atomic E-state index is -0.701. The molecule has 5 rings (SSSR count). The first-order valence-electron chi connectivity index (χ1n) is 8.19. The van der Waals surface area contributed by atoms with E-state index < -0.39 is 11.5 Å². The number of methoxy groups -OCH3 is 1. The molecule has 0 amide bonds. The van der Waals surface area contributed by atoms with Gasteiger partial charge >= 0.3 is 0 Å². The van der Waals surface area contributed by atoms with Crippen molar-refractivity contribution in [3.8, 4) is 11.5 Å². The lowest BCUT2D eigenvalue weighted by Crippen LogP contribution is -2.63. The molecule has 0 radical (unpaired) electrons. The highest BCUT2D eigenvalue weighted by atomic mass is 35.5. The van der Waals surface area contributed by atoms with Gasteiger partial charge in [0, 0.05) is 11.6 Å². The number of piperidine rings is 1. The summed E-state index contributed by atoms with van der Waals surface area (Å²) in [7, 11) is 3.84. The molecule has 0 aromatic heterocycles. The van der Waals surface area contributed by atoms with Crippen molar-refractivity contribution >= 4 is 11.6 Å². The van der Waals surface area contributed by atoms with E-state index in [1.165, 1.54) is 16.7 Å². The van der Waals surface area contributed by atoms with Crippen molar-refractivity contribution < 1.29 is 14.6 Å². The molecule has 5 atom stereocenters. The first kappa shape index (κ1) is 14.1. The summed E-state index contributed by atoms with van der Waals surface area (Å²) >= 11 is 6.44. The number of rotatable bonds is 1. The summed E-state index contributed by atoms with van der Waals surface area (Å²) in [5.74, 6) is 1.57. The summed E-state index contributed by atoms with van der Waals surface area (Å²) in [5, 5.41) is 10.3. The second-order valence-electron chi connectivity index (χ2n) is 7.15. The van der Waals surface area contributed by atoms with Crippen LogP contribution >= 0.6 is 11.6 Å². The molecule has 0 saturated carbocycles. The molecule has 2 heterocycles. The molecular weight excluding hydrogens is 314 g/mol. The zero-order chi connectivity index (χ0) is 15.9. The van der Waals surface area contributed by atoms with Crippen LogP contribution in [0.5, 0.6) is 11.5 Å². The van der Waals surface area contributed by atoms with Gasteiger partial charge < -0.3 is 14.6 Å². The number of likely N-dealkylation sites (N-methyl/N-ethyl adjacent to an activating group) is 1. The number of hydrogen-bond donors (Lipinski definition) is 1. The highest BCUT2D eigenvalue weighted by Crippen LogP contribution is 2.62. The molecule has 2 aliphatic carbocycles. The Morgan fingerprint density at radius 1 is 1.43 bits per heavy atom. The Bertz CT molecular complexity index is 733. The lowest BCUT2D eigenvalue weighted by molar-refractivity contribution is -0.0105. The number of nitrogens with zero attached hydrogens (tertiary/aromatic N) is 1. The van der Waals surface area contributed by atoms with Crippen molar-refractivity contribution in [2.24, 2.45) is 0 Å². The highest BCUT2D eigenvalue weighted by Gasteiger charge is 2.63. The van der Waals surface area contributed by atoms with E-state index in [9.17, 15) is 5.11 Å². The lowest BCUT2D eigenvalue weighted by Gasteiger charge is -2.54. The molecule has 1 fully saturated rings. The Kier molecular flexibility index (Phi) is 2.73. The molecule has 1 saturated heterocycles. The third-order valence-corrected chi connectivity index (χ3v) is 6.64. The summed E-state index contributed by atoms with van der Waals surface area (Å²) in [6, 6.07) is 4.49. The van der Waals surface area contributed by atoms with Gasteiger partial charge in [-0.3, -0.25) is 4.90 Å². The number of likely N-dealkylation sites (tertiary alicyclic amines) is 1. The van der Waals surface area contributed by atoms with Crippen LogP contribution in [0.2, 0.25) is 0 Å². The normalized spacial score (nSPS) is 40.3. The van der Waals surface area contributed by atoms with Crippen LogP contribution in [0.3, 0.4) is 0 Å². The molecule has 0 unspecified atom stereocenters. The van der Waals surface area contributed by atoms with Crippen molar-refractivity contribution in [2.45, 2.75) is 41.9 Å². The van der Waals surface area contributed by atoms with Gasteiger partial charge in [-0.25, -0.2) is 0 Å². The molecule has 1 aromatic rings. The van der Waals surface area contributed by atoms with E-state index >= 15 is 0 Å². The third kappa shape index (κ3) is 1.50. The van der Waals surface area contributed by atoms with Crippen LogP contribution in [-0.2, 0) is 11.8 Å². The molecule has 4 nitrogen and oxygen atoms in total. The zero-order valence-corrected chi connectivity index (χ0v) is 14.0. The van der Waals surface area contributed by atoms with Gasteiger partial charge in [0.15, 0.2) is 11.5 Å². The van der Waals surface area contributed by atoms with Gasteiger partial charge in [-0.05, 0) is 43.6 Å². The summed E-state index contributed by atoms with van der Waals surface area (Å²) in [5.41, 5.74) is 3.65. The molecule has 2 bridgehead atoms. The van der Waals surface area contributed by atoms with Gasteiger partial charge in [-0.1, -0.05) is 12.1 Å². The average Bonchev–Trinajstić information content (AvgIpc) is 2.89. The summed E-state index contributed by atoms with van der Waals surface area (Å²) < 4.78 is 11.8. The maximum atomic E-state index is 10.7. The van der Waals surface area contributed by atoms with Crippen molar-refractivity contribution in [3.63, 3.8) is 0 Å². The third-order valence-electron chi connectivity index (χ3n) is 6.26. The van der Waals surface area contributed by atoms with Crippen LogP contribution in [0.15, 0.2) is 23.8 Å². The van der Waals surface area contributed by atoms with E-state index in [-0.39, 0.29) is 11.5 Å². The van der Waals surface area contributed by atoms with Crippen LogP contribution in [0.1, 0.15) is 17.5 Å². The fourth-order valence-corrected chi connectivity index (χ4v) is 5.47. The van der Waals surface area contributed by atoms with E-state index in [1.807, 2.05) is 6.07 Å². The van der Waals surface area contributed by atoms with E-state index in [2.05, 4.69) is 24.1 Å². The minimum Gasteiger partial charge on any atom is -0.493 e. The van der Waals surface area contributed by atoms with Gasteiger partial charge in [0.05, 0.1) is 17.9 Å². The largest absolute Gasteiger partial charge is 0.493 e. The first-order chi connectivity index (χ1) is 11.1. The van der Waals surface area contributed by atoms with Crippen LogP contribution in [-0.4, -0.2) is 54.3 Å². The highest BCUT2D eigenvalue weighted by molar-refractivity contribution is 6.22. The molecule has 122 valence electrons. The Balaban J connectivity index is 1.84. The van der Waals surface area contributed by atoms with E-state index in [1.54, 1.807) is 7.11 Å². The predicted molar refractivity (Wildman–Crippen MR) is 87.6 cm³/mol. The number of benzene rings is 1. The number of aliphatic hydroxyl groups is 1. The second kappa shape index (κ2) is 4.44. The maximum Gasteiger partial charge on any atom is 0.166 e. The van der Waals surface area contributed by atoms with Crippen molar-refractivity contribution in [1.29, 1.82) is 0 Å². The summed E-state index contributed by atoms with van der Waals surface area (Å²) in [4.78, 5) is 2.40. The Labute approximate surface area is 140 Å². The minimum absolute atomic E-state index is 0.237.